The highest BCUT2D eigenvalue weighted by atomic mass is 32.2. The average molecular weight is 684 g/mol. The van der Waals surface area contributed by atoms with E-state index in [2.05, 4.69) is 10.3 Å². The number of nitrogens with one attached hydrogen (secondary N) is 2. The van der Waals surface area contributed by atoms with Crippen molar-refractivity contribution in [1.82, 2.24) is 4.98 Å². The molecule has 6 rings (SSSR count). The lowest BCUT2D eigenvalue weighted by Gasteiger charge is -2.30. The Balaban J connectivity index is 1.30. The molecule has 2 aliphatic rings. The molecule has 0 radical (unpaired) electrons. The smallest absolute Gasteiger partial charge is 0.418 e. The number of imide groups is 1. The summed E-state index contributed by atoms with van der Waals surface area (Å²) >= 11 is 1.96. The molecule has 2 aliphatic heterocycles. The maximum atomic E-state index is 14.1. The van der Waals surface area contributed by atoms with Gasteiger partial charge in [0.2, 0.25) is 11.8 Å². The molecule has 4 aromatic rings. The molecule has 47 heavy (non-hydrogen) atoms. The van der Waals surface area contributed by atoms with Crippen LogP contribution in [0.2, 0.25) is 0 Å². The molecule has 0 spiro atoms. The molecule has 0 unspecified atom stereocenters. The number of carbonyl (C=O) groups is 4. The number of aromatic amines is 1. The number of thiazole rings is 1. The van der Waals surface area contributed by atoms with Crippen molar-refractivity contribution in [2.24, 2.45) is 5.92 Å². The molecule has 0 aliphatic carbocycles. The third kappa shape index (κ3) is 6.15. The molecule has 15 heteroatoms. The predicted octanol–water partition coefficient (Wildman–Crippen LogP) is 5.45. The van der Waals surface area contributed by atoms with Crippen LogP contribution in [-0.4, -0.2) is 47.1 Å². The minimum atomic E-state index is -4.69. The Morgan fingerprint density at radius 2 is 1.66 bits per heavy atom. The number of H-pyrrole nitrogens is 1. The van der Waals surface area contributed by atoms with Gasteiger partial charge >= 0.3 is 17.0 Å². The number of fused-ring (bicyclic) bond motifs is 2. The van der Waals surface area contributed by atoms with Gasteiger partial charge < -0.3 is 19.8 Å². The molecule has 3 amide bonds. The molecule has 242 valence electrons. The average Bonchev–Trinajstić information content (AvgIpc) is 3.54. The maximum absolute atomic E-state index is 14.1. The van der Waals surface area contributed by atoms with Crippen LogP contribution in [-0.2, 0) is 25.3 Å². The number of anilines is 2. The monoisotopic (exact) mass is 683 g/mol. The lowest BCUT2D eigenvalue weighted by Crippen LogP contribution is -2.32. The second-order valence-corrected chi connectivity index (χ2v) is 12.6. The summed E-state index contributed by atoms with van der Waals surface area (Å²) in [5.41, 5.74) is -0.543. The third-order valence-electron chi connectivity index (χ3n) is 7.58. The van der Waals surface area contributed by atoms with Gasteiger partial charge in [-0.05, 0) is 49.4 Å². The van der Waals surface area contributed by atoms with E-state index >= 15 is 0 Å². The molecule has 10 nitrogen and oxygen atoms in total. The molecule has 1 saturated heterocycles. The fraction of sp³-hybridized carbons (Fsp3) is 0.219. The molecule has 1 fully saturated rings. The van der Waals surface area contributed by atoms with Crippen molar-refractivity contribution < 1.29 is 41.8 Å². The summed E-state index contributed by atoms with van der Waals surface area (Å²) in [6.45, 7) is 1.19. The van der Waals surface area contributed by atoms with Crippen molar-refractivity contribution in [2.45, 2.75) is 29.3 Å². The molecule has 0 bridgehead atoms. The number of nitrogens with zero attached hydrogens (tertiary/aromatic N) is 1. The quantitative estimate of drug-likeness (QED) is 0.185. The second-order valence-electron chi connectivity index (χ2n) is 10.4. The molecular formula is C32H24F3N3O7S2. The van der Waals surface area contributed by atoms with Gasteiger partial charge in [0.1, 0.15) is 11.0 Å². The number of carbonyl (C=O) groups excluding carboxylic acids is 4. The van der Waals surface area contributed by atoms with Crippen molar-refractivity contribution in [1.29, 1.82) is 0 Å². The number of para-hydroxylation sites is 2. The van der Waals surface area contributed by atoms with Gasteiger partial charge in [-0.15, -0.1) is 0 Å². The van der Waals surface area contributed by atoms with Gasteiger partial charge in [0, 0.05) is 16.4 Å². The Hall–Kier alpha value is -4.89. The number of hydrogen-bond donors (Lipinski definition) is 2. The van der Waals surface area contributed by atoms with E-state index in [0.29, 0.717) is 15.5 Å². The largest absolute Gasteiger partial charge is 0.483 e. The number of amides is 3. The number of hydrogen-bond acceptors (Lipinski definition) is 9. The molecule has 3 atom stereocenters. The fourth-order valence-electron chi connectivity index (χ4n) is 5.61. The summed E-state index contributed by atoms with van der Waals surface area (Å²) in [6, 6.07) is 16.9. The fourth-order valence-corrected chi connectivity index (χ4v) is 8.11. The Bertz CT molecular complexity index is 1940. The first kappa shape index (κ1) is 32.1. The van der Waals surface area contributed by atoms with E-state index in [1.54, 1.807) is 25.1 Å². The summed E-state index contributed by atoms with van der Waals surface area (Å²) in [4.78, 5) is 69.1. The third-order valence-corrected chi connectivity index (χ3v) is 9.98. The molecule has 2 N–H and O–H groups in total. The van der Waals surface area contributed by atoms with Crippen LogP contribution < -0.4 is 19.8 Å². The predicted molar refractivity (Wildman–Crippen MR) is 167 cm³/mol. The lowest BCUT2D eigenvalue weighted by molar-refractivity contribution is -0.137. The van der Waals surface area contributed by atoms with Gasteiger partial charge in [0.25, 0.3) is 5.91 Å². The SMILES string of the molecule is CCOC(=O)c1ccc(N2C(=O)[C@H]3[C@H](c4ccccc4OCC(=O)Nc4ccccc4C(F)(F)F)c4sc(=O)[nH]c4S[C@H]3C2=O)cc1. The van der Waals surface area contributed by atoms with Crippen molar-refractivity contribution in [3.05, 3.63) is 104 Å². The summed E-state index contributed by atoms with van der Waals surface area (Å²) in [7, 11) is 0. The summed E-state index contributed by atoms with van der Waals surface area (Å²) < 4.78 is 51.1. The van der Waals surface area contributed by atoms with E-state index in [1.165, 1.54) is 42.5 Å². The van der Waals surface area contributed by atoms with E-state index in [9.17, 15) is 37.1 Å². The zero-order chi connectivity index (χ0) is 33.5. The topological polar surface area (TPSA) is 135 Å². The van der Waals surface area contributed by atoms with Gasteiger partial charge in [-0.1, -0.05) is 53.4 Å². The molecular weight excluding hydrogens is 659 g/mol. The number of thioether (sulfide) groups is 1. The normalized spacial score (nSPS) is 18.8. The number of halogens is 3. The minimum Gasteiger partial charge on any atom is -0.483 e. The maximum Gasteiger partial charge on any atom is 0.418 e. The highest BCUT2D eigenvalue weighted by Crippen LogP contribution is 2.54. The van der Waals surface area contributed by atoms with Crippen molar-refractivity contribution in [2.75, 3.05) is 23.4 Å². The zero-order valence-corrected chi connectivity index (χ0v) is 26.0. The number of alkyl halides is 3. The van der Waals surface area contributed by atoms with Crippen LogP contribution in [0.25, 0.3) is 0 Å². The van der Waals surface area contributed by atoms with Crippen molar-refractivity contribution in [3.8, 4) is 5.75 Å². The van der Waals surface area contributed by atoms with Gasteiger partial charge in [-0.25, -0.2) is 9.69 Å². The van der Waals surface area contributed by atoms with E-state index in [0.717, 1.165) is 40.1 Å². The number of ether oxygens (including phenoxy) is 2. The van der Waals surface area contributed by atoms with E-state index in [-0.39, 0.29) is 28.5 Å². The van der Waals surface area contributed by atoms with Gasteiger partial charge in [0.15, 0.2) is 6.61 Å². The highest BCUT2D eigenvalue weighted by molar-refractivity contribution is 8.00. The Labute approximate surface area is 272 Å². The van der Waals surface area contributed by atoms with Crippen molar-refractivity contribution in [3.63, 3.8) is 0 Å². The first-order valence-corrected chi connectivity index (χ1v) is 15.9. The Morgan fingerprint density at radius 1 is 0.957 bits per heavy atom. The van der Waals surface area contributed by atoms with Crippen LogP contribution in [0.1, 0.15) is 39.2 Å². The second kappa shape index (κ2) is 12.7. The highest BCUT2D eigenvalue weighted by Gasteiger charge is 2.56. The molecule has 3 heterocycles. The van der Waals surface area contributed by atoms with Gasteiger partial charge in [0.05, 0.1) is 40.1 Å². The van der Waals surface area contributed by atoms with Crippen LogP contribution in [0.5, 0.6) is 5.75 Å². The standard InChI is InChI=1S/C32H24F3N3O7S2/c1-2-44-30(42)16-11-13-17(14-12-16)38-28(40)24-23(25-27(37-31(43)47-25)46-26(24)29(38)41)18-7-3-6-10-21(18)45-15-22(39)36-20-9-5-4-8-19(20)32(33,34)35/h3-14,23-24,26H,2,15H2,1H3,(H,36,39)(H,37,43)/t23-,24-,26+/m0/s1. The first-order chi connectivity index (χ1) is 22.5. The zero-order valence-electron chi connectivity index (χ0n) is 24.3. The van der Waals surface area contributed by atoms with Gasteiger partial charge in [-0.2, -0.15) is 13.2 Å². The number of aromatic nitrogens is 1. The van der Waals surface area contributed by atoms with Crippen LogP contribution in [0, 0.1) is 5.92 Å². The molecule has 0 saturated carbocycles. The molecule has 3 aromatic carbocycles. The van der Waals surface area contributed by atoms with Crippen molar-refractivity contribution >= 4 is 58.2 Å². The Morgan fingerprint density at radius 3 is 2.38 bits per heavy atom. The van der Waals surface area contributed by atoms with Gasteiger partial charge in [-0.3, -0.25) is 19.2 Å². The Kier molecular flexibility index (Phi) is 8.68. The van der Waals surface area contributed by atoms with E-state index < -0.39 is 64.8 Å². The van der Waals surface area contributed by atoms with Crippen LogP contribution >= 0.6 is 23.1 Å². The first-order valence-electron chi connectivity index (χ1n) is 14.2. The van der Waals surface area contributed by atoms with Crippen LogP contribution in [0.3, 0.4) is 0 Å². The number of rotatable bonds is 8. The lowest BCUT2D eigenvalue weighted by atomic mass is 9.82. The minimum absolute atomic E-state index is 0.145. The number of benzene rings is 3. The van der Waals surface area contributed by atoms with Crippen LogP contribution in [0.15, 0.2) is 82.6 Å². The summed E-state index contributed by atoms with van der Waals surface area (Å²) in [5, 5.41) is 1.72. The number of esters is 1. The summed E-state index contributed by atoms with van der Waals surface area (Å²) in [6.07, 6.45) is -4.69. The summed E-state index contributed by atoms with van der Waals surface area (Å²) in [5.74, 6) is -4.14. The van der Waals surface area contributed by atoms with Crippen LogP contribution in [0.4, 0.5) is 24.5 Å². The van der Waals surface area contributed by atoms with E-state index in [4.69, 9.17) is 9.47 Å². The molecule has 1 aromatic heterocycles. The van der Waals surface area contributed by atoms with E-state index in [1.807, 2.05) is 0 Å².